The Bertz CT molecular complexity index is 2640. The fourth-order valence-electron chi connectivity index (χ4n) is 10.5. The maximum absolute atomic E-state index is 12.0. The molecule has 5 aliphatic carbocycles. The molecule has 4 heterocycles. The first-order chi connectivity index (χ1) is 39.8. The lowest BCUT2D eigenvalue weighted by molar-refractivity contribution is -0.123. The third-order valence-electron chi connectivity index (χ3n) is 19.6. The van der Waals surface area contributed by atoms with Crippen molar-refractivity contribution in [1.82, 2.24) is 0 Å². The van der Waals surface area contributed by atoms with Gasteiger partial charge in [0.2, 0.25) is 0 Å². The molecular weight excluding hydrogens is 1190 g/mol. The van der Waals surface area contributed by atoms with Gasteiger partial charge < -0.3 is 45.6 Å². The van der Waals surface area contributed by atoms with Gasteiger partial charge in [0.05, 0.1) is 44.8 Å². The number of hydrogen-bond acceptors (Lipinski definition) is 15. The summed E-state index contributed by atoms with van der Waals surface area (Å²) in [5, 5.41) is 0. The monoisotopic (exact) mass is 1300 g/mol. The van der Waals surface area contributed by atoms with E-state index in [1.165, 1.54) is 67.5 Å². The second kappa shape index (κ2) is 29.5. The zero-order valence-electron chi connectivity index (χ0n) is 56.6. The number of Topliss-reactive ketones (excluding diaryl/α,β-unsaturated/α-hetero) is 1. The van der Waals surface area contributed by atoms with Crippen molar-refractivity contribution < 1.29 is 93.6 Å². The first-order valence-corrected chi connectivity index (χ1v) is 34.4. The van der Waals surface area contributed by atoms with E-state index in [2.05, 4.69) is 83.7 Å². The van der Waals surface area contributed by atoms with Gasteiger partial charge in [-0.05, 0) is 249 Å². The van der Waals surface area contributed by atoms with E-state index >= 15 is 0 Å². The molecule has 0 radical (unpaired) electrons. The zero-order valence-corrected chi connectivity index (χ0v) is 58.3. The molecule has 9 rings (SSSR count). The van der Waals surface area contributed by atoms with Crippen molar-refractivity contribution in [2.45, 2.75) is 317 Å². The first-order valence-electron chi connectivity index (χ1n) is 31.6. The molecule has 27 heteroatoms. The first kappa shape index (κ1) is 78.1. The number of carbonyl (C=O) groups is 1. The highest BCUT2D eigenvalue weighted by molar-refractivity contribution is 7.88. The molecule has 0 bridgehead atoms. The Hall–Kier alpha value is -2.35. The van der Waals surface area contributed by atoms with E-state index in [0.717, 1.165) is 38.5 Å². The Labute approximate surface area is 525 Å². The Morgan fingerprint density at radius 1 is 0.432 bits per heavy atom. The van der Waals surface area contributed by atoms with Crippen LogP contribution in [-0.4, -0.2) is 107 Å². The largest absolute Gasteiger partial charge is 0.534 e. The molecule has 1 saturated carbocycles. The molecule has 0 aromatic carbocycles. The van der Waals surface area contributed by atoms with E-state index in [1.807, 2.05) is 62.3 Å². The van der Waals surface area contributed by atoms with Gasteiger partial charge in [-0.3, -0.25) is 4.79 Å². The summed E-state index contributed by atoms with van der Waals surface area (Å²) in [6.07, 6.45) is 21.1. The molecule has 3 unspecified atom stereocenters. The van der Waals surface area contributed by atoms with Crippen LogP contribution in [0.4, 0.5) is 26.3 Å². The Kier molecular flexibility index (Phi) is 26.2. The molecule has 0 aromatic rings. The normalized spacial score (nSPS) is 27.8. The van der Waals surface area contributed by atoms with Crippen LogP contribution in [0.2, 0.25) is 0 Å². The average Bonchev–Trinajstić information content (AvgIpc) is 3.93. The molecule has 0 amide bonds. The summed E-state index contributed by atoms with van der Waals surface area (Å²) in [5.41, 5.74) is -8.18. The highest BCUT2D eigenvalue weighted by atomic mass is 32.2. The SMILES string of the molecule is CC1(C)OB(B2OC(C)(C)C(C)(C)O2)OC1(C)C.CC1=C(B2OC(C)(C)C(C)(C)O2)CCCC1.CC1=C(OS(=O)(=O)C(F)(F)F)CCCC1.CC1CCCC=C1B1OC(C)(C)C(C)(C)O1.CC1CCCC=C1OS(=O)(=O)C(F)(F)F.CC1CCCCC1=O. The summed E-state index contributed by atoms with van der Waals surface area (Å²) in [7, 11) is -12.2. The van der Waals surface area contributed by atoms with Crippen LogP contribution in [0.5, 0.6) is 0 Å². The van der Waals surface area contributed by atoms with E-state index < -0.39 is 45.3 Å². The summed E-state index contributed by atoms with van der Waals surface area (Å²) in [6, 6.07) is 0. The molecule has 88 heavy (non-hydrogen) atoms. The minimum absolute atomic E-state index is 0.0569. The molecule has 0 aromatic heterocycles. The van der Waals surface area contributed by atoms with Crippen LogP contribution < -0.4 is 0 Å². The van der Waals surface area contributed by atoms with Gasteiger partial charge in [-0.25, -0.2) is 0 Å². The van der Waals surface area contributed by atoms with E-state index in [1.54, 1.807) is 13.8 Å². The lowest BCUT2D eigenvalue weighted by atomic mass is 9.49. The zero-order chi connectivity index (χ0) is 67.3. The van der Waals surface area contributed by atoms with E-state index in [9.17, 15) is 48.0 Å². The number of rotatable bonds is 7. The quantitative estimate of drug-likeness (QED) is 0.102. The Morgan fingerprint density at radius 3 is 1.16 bits per heavy atom. The predicted molar refractivity (Wildman–Crippen MR) is 334 cm³/mol. The summed E-state index contributed by atoms with van der Waals surface area (Å²) >= 11 is 0. The maximum Gasteiger partial charge on any atom is 0.534 e. The lowest BCUT2D eigenvalue weighted by Crippen LogP contribution is -2.41. The predicted octanol–water partition coefficient (Wildman–Crippen LogP) is 16.1. The lowest BCUT2D eigenvalue weighted by Gasteiger charge is -2.32. The summed E-state index contributed by atoms with van der Waals surface area (Å²) in [4.78, 5) is 10.8. The second-order valence-corrected chi connectivity index (χ2v) is 32.0. The van der Waals surface area contributed by atoms with Crippen LogP contribution in [0.15, 0.2) is 45.8 Å². The van der Waals surface area contributed by atoms with E-state index in [-0.39, 0.29) is 82.9 Å². The summed E-state index contributed by atoms with van der Waals surface area (Å²) < 4.78 is 171. The van der Waals surface area contributed by atoms with Gasteiger partial charge >= 0.3 is 59.5 Å². The summed E-state index contributed by atoms with van der Waals surface area (Å²) in [5.74, 6) is 0.997. The molecule has 0 N–H and O–H groups in total. The highest BCUT2D eigenvalue weighted by Crippen LogP contribution is 2.45. The fourth-order valence-corrected chi connectivity index (χ4v) is 11.7. The van der Waals surface area contributed by atoms with Gasteiger partial charge in [-0.2, -0.15) is 43.2 Å². The highest BCUT2D eigenvalue weighted by Gasteiger charge is 2.64. The molecule has 4 saturated heterocycles. The van der Waals surface area contributed by atoms with Crippen molar-refractivity contribution in [2.24, 2.45) is 17.8 Å². The molecule has 3 atom stereocenters. The molecule has 15 nitrogen and oxygen atoms in total. The number of allylic oxidation sites excluding steroid dienone is 8. The third kappa shape index (κ3) is 20.1. The van der Waals surface area contributed by atoms with Crippen LogP contribution in [0.25, 0.3) is 0 Å². The molecule has 504 valence electrons. The van der Waals surface area contributed by atoms with Crippen LogP contribution >= 0.6 is 0 Å². The Morgan fingerprint density at radius 2 is 0.784 bits per heavy atom. The van der Waals surface area contributed by atoms with Gasteiger partial charge in [0, 0.05) is 24.7 Å². The van der Waals surface area contributed by atoms with Crippen molar-refractivity contribution in [3.8, 4) is 0 Å². The smallest absolute Gasteiger partial charge is 0.405 e. The van der Waals surface area contributed by atoms with Crippen molar-refractivity contribution >= 4 is 54.3 Å². The number of alkyl halides is 6. The van der Waals surface area contributed by atoms with Crippen molar-refractivity contribution in [2.75, 3.05) is 0 Å². The van der Waals surface area contributed by atoms with Crippen LogP contribution in [-0.2, 0) is 70.6 Å². The Balaban J connectivity index is 0.000000228. The van der Waals surface area contributed by atoms with E-state index in [0.29, 0.717) is 48.9 Å². The maximum atomic E-state index is 12.0. The van der Waals surface area contributed by atoms with Gasteiger partial charge in [-0.1, -0.05) is 38.8 Å². The third-order valence-corrected chi connectivity index (χ3v) is 21.6. The van der Waals surface area contributed by atoms with Crippen molar-refractivity contribution in [3.63, 3.8) is 0 Å². The molecule has 0 spiro atoms. The molecule has 9 aliphatic rings. The number of ketones is 1. The van der Waals surface area contributed by atoms with E-state index in [4.69, 9.17) is 37.2 Å². The van der Waals surface area contributed by atoms with Crippen molar-refractivity contribution in [1.29, 1.82) is 0 Å². The molecule has 5 fully saturated rings. The number of carbonyl (C=O) groups excluding carboxylic acids is 1. The minimum Gasteiger partial charge on any atom is -0.405 e. The van der Waals surface area contributed by atoms with Gasteiger partial charge in [0.15, 0.2) is 0 Å². The van der Waals surface area contributed by atoms with Gasteiger partial charge in [0.25, 0.3) is 0 Å². The number of halogens is 6. The van der Waals surface area contributed by atoms with Crippen LogP contribution in [0, 0.1) is 17.8 Å². The number of hydrogen-bond donors (Lipinski definition) is 0. The van der Waals surface area contributed by atoms with Gasteiger partial charge in [0.1, 0.15) is 17.3 Å². The van der Waals surface area contributed by atoms with Gasteiger partial charge in [-0.15, -0.1) is 0 Å². The van der Waals surface area contributed by atoms with Crippen LogP contribution in [0.3, 0.4) is 0 Å². The topological polar surface area (TPSA) is 178 Å². The summed E-state index contributed by atoms with van der Waals surface area (Å²) in [6.45, 7) is 42.9. The van der Waals surface area contributed by atoms with Crippen molar-refractivity contribution in [3.05, 3.63) is 45.8 Å². The standard InChI is InChI=1S/2C13H23BO2.C12H24B2O4.2C8H11F3O3S.C7H12O/c2*1-10-8-6-7-9-11(10)14-15-12(2,3)13(4,5)16-14;1-9(2)10(3,4)16-13(15-9)14-17-11(5,6)12(7,8)18-14;2*1-6-4-2-3-5-7(6)14-15(12,13)8(9,10)11;1-6-4-2-3-5-7(6)8/h6-9H2,1-5H3;9-10H,6-8H2,1-5H3;1-8H3;2-5H2,1H3;5-6H,2-4H2,1H3;6H,2-5H2,1H3. The van der Waals surface area contributed by atoms with Crippen LogP contribution in [0.1, 0.15) is 261 Å². The molecule has 4 aliphatic heterocycles. The second-order valence-electron chi connectivity index (χ2n) is 28.9. The minimum atomic E-state index is -5.50. The average molecular weight is 1300 g/mol. The fraction of sp³-hybridized carbons (Fsp3) is 0.852. The molecular formula is C61H104B4F6O15S2.